The van der Waals surface area contributed by atoms with Crippen LogP contribution < -0.4 is 0 Å². The zero-order chi connectivity index (χ0) is 14.2. The average Bonchev–Trinajstić information content (AvgIpc) is 2.30. The van der Waals surface area contributed by atoms with Crippen LogP contribution in [0.25, 0.3) is 0 Å². The van der Waals surface area contributed by atoms with Crippen LogP contribution in [-0.2, 0) is 0 Å². The van der Waals surface area contributed by atoms with Crippen molar-refractivity contribution in [1.82, 2.24) is 0 Å². The molecule has 2 rings (SSSR count). The molecule has 0 aliphatic heterocycles. The van der Waals surface area contributed by atoms with Crippen LogP contribution in [0.5, 0.6) is 0 Å². The highest BCUT2D eigenvalue weighted by Gasteiger charge is 2.23. The molecule has 1 unspecified atom stereocenters. The lowest BCUT2D eigenvalue weighted by Gasteiger charge is -2.15. The van der Waals surface area contributed by atoms with Gasteiger partial charge in [-0.05, 0) is 30.3 Å². The van der Waals surface area contributed by atoms with Gasteiger partial charge in [-0.3, -0.25) is 0 Å². The summed E-state index contributed by atoms with van der Waals surface area (Å²) in [6, 6.07) is 5.84. The number of rotatable bonds is 2. The van der Waals surface area contributed by atoms with Crippen molar-refractivity contribution in [3.05, 3.63) is 67.9 Å². The molecule has 1 nitrogen and oxygen atoms in total. The molecule has 1 N–H and O–H groups in total. The molecule has 0 heterocycles. The van der Waals surface area contributed by atoms with E-state index < -0.39 is 29.1 Å². The number of benzene rings is 2. The third-order valence-electron chi connectivity index (χ3n) is 2.57. The van der Waals surface area contributed by atoms with Gasteiger partial charge in [0.15, 0.2) is 0 Å². The van der Waals surface area contributed by atoms with Gasteiger partial charge in [-0.25, -0.2) is 13.2 Å². The monoisotopic (exact) mass is 394 g/mol. The predicted octanol–water partition coefficient (Wildman–Crippen LogP) is 4.71. The van der Waals surface area contributed by atoms with E-state index in [0.717, 1.165) is 18.2 Å². The lowest BCUT2D eigenvalue weighted by molar-refractivity contribution is 0.204. The molecule has 6 heteroatoms. The topological polar surface area (TPSA) is 20.2 Å². The zero-order valence-corrected chi connectivity index (χ0v) is 12.5. The van der Waals surface area contributed by atoms with Crippen LogP contribution in [0.2, 0.25) is 0 Å². The van der Waals surface area contributed by atoms with Crippen molar-refractivity contribution in [2.75, 3.05) is 0 Å². The molecule has 0 bridgehead atoms. The summed E-state index contributed by atoms with van der Waals surface area (Å²) in [5, 5.41) is 9.99. The van der Waals surface area contributed by atoms with Crippen molar-refractivity contribution in [3.8, 4) is 0 Å². The Balaban J connectivity index is 2.56. The first-order valence-corrected chi connectivity index (χ1v) is 6.76. The normalized spacial score (nSPS) is 12.5. The molecular formula is C13H7Br2F3O. The van der Waals surface area contributed by atoms with Gasteiger partial charge in [-0.2, -0.15) is 0 Å². The third-order valence-corrected chi connectivity index (χ3v) is 3.52. The fourth-order valence-electron chi connectivity index (χ4n) is 1.69. The maximum absolute atomic E-state index is 13.7. The molecule has 0 aliphatic carbocycles. The van der Waals surface area contributed by atoms with E-state index in [1.807, 2.05) is 0 Å². The molecule has 1 atom stereocenters. The SMILES string of the molecule is OC(c1cc(Br)ccc1F)c1c(F)cc(Br)cc1F. The lowest BCUT2D eigenvalue weighted by atomic mass is 10.00. The average molecular weight is 396 g/mol. The highest BCUT2D eigenvalue weighted by atomic mass is 79.9. The van der Waals surface area contributed by atoms with Gasteiger partial charge in [0.25, 0.3) is 0 Å². The molecule has 0 fully saturated rings. The van der Waals surface area contributed by atoms with Gasteiger partial charge in [-0.15, -0.1) is 0 Å². The Morgan fingerprint density at radius 3 is 2.00 bits per heavy atom. The van der Waals surface area contributed by atoms with Crippen LogP contribution in [0.15, 0.2) is 39.3 Å². The Bertz CT molecular complexity index is 608. The summed E-state index contributed by atoms with van der Waals surface area (Å²) in [6.07, 6.45) is -1.72. The van der Waals surface area contributed by atoms with E-state index in [9.17, 15) is 18.3 Å². The van der Waals surface area contributed by atoms with E-state index in [2.05, 4.69) is 31.9 Å². The Hall–Kier alpha value is -0.850. The van der Waals surface area contributed by atoms with Gasteiger partial charge in [0, 0.05) is 14.5 Å². The molecule has 0 saturated heterocycles. The predicted molar refractivity (Wildman–Crippen MR) is 72.2 cm³/mol. The van der Waals surface area contributed by atoms with Gasteiger partial charge < -0.3 is 5.11 Å². The number of aliphatic hydroxyl groups is 1. The minimum Gasteiger partial charge on any atom is -0.383 e. The summed E-state index contributed by atoms with van der Waals surface area (Å²) in [5.74, 6) is -2.63. The Morgan fingerprint density at radius 1 is 0.842 bits per heavy atom. The van der Waals surface area contributed by atoms with E-state index in [-0.39, 0.29) is 10.0 Å². The van der Waals surface area contributed by atoms with Crippen molar-refractivity contribution in [2.45, 2.75) is 6.10 Å². The van der Waals surface area contributed by atoms with Crippen molar-refractivity contribution in [3.63, 3.8) is 0 Å². The first-order chi connectivity index (χ1) is 8.90. The molecule has 0 spiro atoms. The van der Waals surface area contributed by atoms with Gasteiger partial charge in [0.2, 0.25) is 0 Å². The Morgan fingerprint density at radius 2 is 1.42 bits per heavy atom. The van der Waals surface area contributed by atoms with E-state index >= 15 is 0 Å². The highest BCUT2D eigenvalue weighted by molar-refractivity contribution is 9.10. The van der Waals surface area contributed by atoms with Crippen molar-refractivity contribution in [1.29, 1.82) is 0 Å². The maximum Gasteiger partial charge on any atom is 0.133 e. The quantitative estimate of drug-likeness (QED) is 0.780. The molecular weight excluding hydrogens is 389 g/mol. The maximum atomic E-state index is 13.7. The molecule has 0 aliphatic rings. The smallest absolute Gasteiger partial charge is 0.133 e. The lowest BCUT2D eigenvalue weighted by Crippen LogP contribution is -2.08. The molecule has 2 aromatic rings. The van der Waals surface area contributed by atoms with E-state index in [1.165, 1.54) is 12.1 Å². The van der Waals surface area contributed by atoms with Crippen LogP contribution >= 0.6 is 31.9 Å². The van der Waals surface area contributed by atoms with Gasteiger partial charge in [0.1, 0.15) is 23.6 Å². The van der Waals surface area contributed by atoms with Gasteiger partial charge in [0.05, 0.1) is 5.56 Å². The minimum absolute atomic E-state index is 0.200. The summed E-state index contributed by atoms with van der Waals surface area (Å²) < 4.78 is 41.7. The molecule has 19 heavy (non-hydrogen) atoms. The van der Waals surface area contributed by atoms with Gasteiger partial charge >= 0.3 is 0 Å². The summed E-state index contributed by atoms with van der Waals surface area (Å²) in [7, 11) is 0. The summed E-state index contributed by atoms with van der Waals surface area (Å²) in [4.78, 5) is 0. The summed E-state index contributed by atoms with van der Waals surface area (Å²) in [5.41, 5.74) is -0.783. The standard InChI is InChI=1S/C13H7Br2F3O/c14-6-1-2-9(16)8(3-6)13(19)12-10(17)4-7(15)5-11(12)18/h1-5,13,19H. The molecule has 0 radical (unpaired) electrons. The van der Waals surface area contributed by atoms with Gasteiger partial charge in [-0.1, -0.05) is 31.9 Å². The molecule has 0 amide bonds. The Labute approximate surface area is 124 Å². The first-order valence-electron chi connectivity index (χ1n) is 5.17. The van der Waals surface area contributed by atoms with Crippen LogP contribution in [-0.4, -0.2) is 5.11 Å². The van der Waals surface area contributed by atoms with Crippen molar-refractivity contribution < 1.29 is 18.3 Å². The largest absolute Gasteiger partial charge is 0.383 e. The molecule has 100 valence electrons. The second-order valence-electron chi connectivity index (χ2n) is 3.85. The molecule has 0 saturated carbocycles. The fourth-order valence-corrected chi connectivity index (χ4v) is 2.47. The number of aliphatic hydroxyl groups excluding tert-OH is 1. The summed E-state index contributed by atoms with van der Waals surface area (Å²) in [6.45, 7) is 0. The van der Waals surface area contributed by atoms with Crippen LogP contribution in [0.4, 0.5) is 13.2 Å². The van der Waals surface area contributed by atoms with Crippen LogP contribution in [0, 0.1) is 17.5 Å². The third kappa shape index (κ3) is 3.01. The zero-order valence-electron chi connectivity index (χ0n) is 9.30. The second kappa shape index (κ2) is 5.64. The number of hydrogen-bond acceptors (Lipinski definition) is 1. The number of halogens is 5. The second-order valence-corrected chi connectivity index (χ2v) is 5.68. The van der Waals surface area contributed by atoms with Crippen LogP contribution in [0.1, 0.15) is 17.2 Å². The first kappa shape index (κ1) is 14.6. The van der Waals surface area contributed by atoms with E-state index in [0.29, 0.717) is 4.47 Å². The minimum atomic E-state index is -1.72. The Kier molecular flexibility index (Phi) is 4.32. The molecule has 2 aromatic carbocycles. The molecule has 0 aromatic heterocycles. The highest BCUT2D eigenvalue weighted by Crippen LogP contribution is 2.31. The van der Waals surface area contributed by atoms with Crippen molar-refractivity contribution >= 4 is 31.9 Å². The van der Waals surface area contributed by atoms with E-state index in [4.69, 9.17) is 0 Å². The summed E-state index contributed by atoms with van der Waals surface area (Å²) >= 11 is 6.05. The fraction of sp³-hybridized carbons (Fsp3) is 0.0769. The number of hydrogen-bond donors (Lipinski definition) is 1. The van der Waals surface area contributed by atoms with Crippen LogP contribution in [0.3, 0.4) is 0 Å². The van der Waals surface area contributed by atoms with Crippen molar-refractivity contribution in [2.24, 2.45) is 0 Å². The van der Waals surface area contributed by atoms with E-state index in [1.54, 1.807) is 0 Å².